The summed E-state index contributed by atoms with van der Waals surface area (Å²) in [4.78, 5) is 57.9. The molecule has 3 amide bonds. The first-order valence-electron chi connectivity index (χ1n) is 11.6. The average Bonchev–Trinajstić information content (AvgIpc) is 3.25. The van der Waals surface area contributed by atoms with Gasteiger partial charge in [0.05, 0.1) is 18.1 Å². The van der Waals surface area contributed by atoms with E-state index in [4.69, 9.17) is 4.74 Å². The summed E-state index contributed by atoms with van der Waals surface area (Å²) in [5.41, 5.74) is 2.10. The smallest absolute Gasteiger partial charge is 0.408 e. The van der Waals surface area contributed by atoms with Gasteiger partial charge in [-0.05, 0) is 56.7 Å². The molecule has 1 heterocycles. The van der Waals surface area contributed by atoms with E-state index in [0.717, 1.165) is 5.56 Å². The van der Waals surface area contributed by atoms with E-state index in [2.05, 4.69) is 25.3 Å². The zero-order chi connectivity index (χ0) is 27.3. The number of methoxy groups -OCH3 is 1. The van der Waals surface area contributed by atoms with E-state index in [9.17, 15) is 19.2 Å². The second kappa shape index (κ2) is 11.1. The molecule has 1 aromatic heterocycles. The highest BCUT2D eigenvalue weighted by atomic mass is 16.6. The summed E-state index contributed by atoms with van der Waals surface area (Å²) in [5, 5.41) is 5.43. The molecule has 0 aliphatic heterocycles. The van der Waals surface area contributed by atoms with Gasteiger partial charge in [-0.25, -0.2) is 14.6 Å². The van der Waals surface area contributed by atoms with Gasteiger partial charge < -0.3 is 30.0 Å². The Balaban J connectivity index is 1.84. The quantitative estimate of drug-likeness (QED) is 0.414. The molecule has 3 N–H and O–H groups in total. The number of H-pyrrole nitrogens is 1. The fraction of sp³-hybridized carbons (Fsp3) is 0.346. The van der Waals surface area contributed by atoms with E-state index in [-0.39, 0.29) is 18.2 Å². The number of rotatable bonds is 7. The van der Waals surface area contributed by atoms with Crippen molar-refractivity contribution >= 4 is 46.3 Å². The fourth-order valence-corrected chi connectivity index (χ4v) is 3.47. The number of carbonyl (C=O) groups is 4. The minimum absolute atomic E-state index is 0.0425. The van der Waals surface area contributed by atoms with E-state index in [1.54, 1.807) is 70.3 Å². The Morgan fingerprint density at radius 2 is 1.84 bits per heavy atom. The highest BCUT2D eigenvalue weighted by Gasteiger charge is 2.25. The second-order valence-corrected chi connectivity index (χ2v) is 9.45. The number of nitrogens with one attached hydrogen (secondary N) is 3. The molecule has 3 rings (SSSR count). The van der Waals surface area contributed by atoms with Gasteiger partial charge in [-0.1, -0.05) is 12.1 Å². The zero-order valence-electron chi connectivity index (χ0n) is 21.7. The van der Waals surface area contributed by atoms with Crippen molar-refractivity contribution < 1.29 is 28.7 Å². The fourth-order valence-electron chi connectivity index (χ4n) is 3.47. The number of ether oxygens (including phenoxy) is 2. The van der Waals surface area contributed by atoms with E-state index in [1.165, 1.54) is 18.9 Å². The van der Waals surface area contributed by atoms with Crippen molar-refractivity contribution in [3.8, 4) is 0 Å². The van der Waals surface area contributed by atoms with Crippen molar-refractivity contribution in [2.75, 3.05) is 24.4 Å². The molecule has 196 valence electrons. The number of hydrogen-bond acceptors (Lipinski definition) is 7. The van der Waals surface area contributed by atoms with Gasteiger partial charge in [0.15, 0.2) is 0 Å². The van der Waals surface area contributed by atoms with Gasteiger partial charge in [0.1, 0.15) is 11.6 Å². The molecule has 0 fully saturated rings. The first-order chi connectivity index (χ1) is 17.4. The van der Waals surface area contributed by atoms with Crippen molar-refractivity contribution in [1.82, 2.24) is 15.3 Å². The van der Waals surface area contributed by atoms with Crippen LogP contribution < -0.4 is 15.5 Å². The molecule has 11 heteroatoms. The van der Waals surface area contributed by atoms with Crippen LogP contribution >= 0.6 is 0 Å². The maximum absolute atomic E-state index is 13.3. The van der Waals surface area contributed by atoms with Gasteiger partial charge in [0.2, 0.25) is 17.6 Å². The number of alkyl carbamates (subject to hydrolysis) is 1. The number of hydrogen-bond donors (Lipinski definition) is 3. The Kier molecular flexibility index (Phi) is 8.16. The lowest BCUT2D eigenvalue weighted by Gasteiger charge is -2.24. The van der Waals surface area contributed by atoms with E-state index in [1.807, 2.05) is 0 Å². The third kappa shape index (κ3) is 7.29. The minimum Gasteiger partial charge on any atom is -0.463 e. The predicted octanol–water partition coefficient (Wildman–Crippen LogP) is 3.41. The molecule has 11 nitrogen and oxygen atoms in total. The summed E-state index contributed by atoms with van der Waals surface area (Å²) < 4.78 is 10.0. The zero-order valence-corrected chi connectivity index (χ0v) is 21.7. The summed E-state index contributed by atoms with van der Waals surface area (Å²) in [6.07, 6.45) is -0.600. The number of amides is 3. The monoisotopic (exact) mass is 509 g/mol. The van der Waals surface area contributed by atoms with Gasteiger partial charge in [0, 0.05) is 31.8 Å². The standard InChI is InChI=1S/C26H31N5O6/c1-15(32)31(5)18-9-7-8-16(12-18)13-21(30-25(35)37-26(2,3)4)23(33)27-17-10-11-19-20(14-17)29-22(28-19)24(34)36-6/h7-12,14,21H,13H2,1-6H3,(H,27,33)(H,28,29)(H,30,35). The average molecular weight is 510 g/mol. The van der Waals surface area contributed by atoms with E-state index in [0.29, 0.717) is 22.4 Å². The second-order valence-electron chi connectivity index (χ2n) is 9.45. The lowest BCUT2D eigenvalue weighted by atomic mass is 10.0. The maximum atomic E-state index is 13.3. The third-order valence-electron chi connectivity index (χ3n) is 5.35. The van der Waals surface area contributed by atoms with Crippen LogP contribution in [0.1, 0.15) is 43.9 Å². The molecule has 0 bridgehead atoms. The highest BCUT2D eigenvalue weighted by Crippen LogP contribution is 2.20. The maximum Gasteiger partial charge on any atom is 0.408 e. The number of carbonyl (C=O) groups excluding carboxylic acids is 4. The molecule has 1 atom stereocenters. The molecular formula is C26H31N5O6. The number of esters is 1. The summed E-state index contributed by atoms with van der Waals surface area (Å²) in [6.45, 7) is 6.64. The van der Waals surface area contributed by atoms with Crippen LogP contribution in [0.4, 0.5) is 16.2 Å². The van der Waals surface area contributed by atoms with Crippen LogP contribution in [0.25, 0.3) is 11.0 Å². The lowest BCUT2D eigenvalue weighted by Crippen LogP contribution is -2.47. The van der Waals surface area contributed by atoms with Crippen molar-refractivity contribution in [1.29, 1.82) is 0 Å². The van der Waals surface area contributed by atoms with Gasteiger partial charge in [-0.15, -0.1) is 0 Å². The SMILES string of the molecule is COC(=O)c1nc2cc(NC(=O)C(Cc3cccc(N(C)C(C)=O)c3)NC(=O)OC(C)(C)C)ccc2[nH]1. The van der Waals surface area contributed by atoms with Crippen molar-refractivity contribution in [2.45, 2.75) is 45.8 Å². The van der Waals surface area contributed by atoms with Crippen LogP contribution in [0.2, 0.25) is 0 Å². The Bertz CT molecular complexity index is 1330. The van der Waals surface area contributed by atoms with Gasteiger partial charge in [-0.2, -0.15) is 0 Å². The van der Waals surface area contributed by atoms with Gasteiger partial charge >= 0.3 is 12.1 Å². The summed E-state index contributed by atoms with van der Waals surface area (Å²) in [6, 6.07) is 11.1. The number of fused-ring (bicyclic) bond motifs is 1. The molecule has 37 heavy (non-hydrogen) atoms. The normalized spacial score (nSPS) is 11.9. The summed E-state index contributed by atoms with van der Waals surface area (Å²) in [7, 11) is 2.91. The number of aromatic nitrogens is 2. The van der Waals surface area contributed by atoms with Crippen molar-refractivity contribution in [3.05, 3.63) is 53.9 Å². The number of anilines is 2. The third-order valence-corrected chi connectivity index (χ3v) is 5.35. The molecule has 0 aliphatic carbocycles. The highest BCUT2D eigenvalue weighted by molar-refractivity contribution is 5.99. The van der Waals surface area contributed by atoms with Crippen LogP contribution in [-0.2, 0) is 25.5 Å². The van der Waals surface area contributed by atoms with Gasteiger partial charge in [-0.3, -0.25) is 9.59 Å². The van der Waals surface area contributed by atoms with Crippen molar-refractivity contribution in [2.24, 2.45) is 0 Å². The number of nitrogens with zero attached hydrogens (tertiary/aromatic N) is 2. The van der Waals surface area contributed by atoms with Crippen LogP contribution in [0.15, 0.2) is 42.5 Å². The van der Waals surface area contributed by atoms with E-state index < -0.39 is 29.6 Å². The van der Waals surface area contributed by atoms with Crippen LogP contribution in [0.5, 0.6) is 0 Å². The van der Waals surface area contributed by atoms with Gasteiger partial charge in [0.25, 0.3) is 0 Å². The molecule has 0 spiro atoms. The topological polar surface area (TPSA) is 143 Å². The minimum atomic E-state index is -0.992. The molecule has 0 saturated heterocycles. The molecule has 0 radical (unpaired) electrons. The molecular weight excluding hydrogens is 478 g/mol. The molecule has 0 saturated carbocycles. The van der Waals surface area contributed by atoms with Crippen LogP contribution in [-0.4, -0.2) is 59.6 Å². The largest absolute Gasteiger partial charge is 0.463 e. The lowest BCUT2D eigenvalue weighted by molar-refractivity contribution is -0.118. The van der Waals surface area contributed by atoms with Crippen molar-refractivity contribution in [3.63, 3.8) is 0 Å². The first-order valence-corrected chi connectivity index (χ1v) is 11.6. The Morgan fingerprint density at radius 1 is 1.11 bits per heavy atom. The Morgan fingerprint density at radius 3 is 2.49 bits per heavy atom. The molecule has 1 unspecified atom stereocenters. The Hall–Kier alpha value is -4.41. The molecule has 2 aromatic carbocycles. The number of aromatic amines is 1. The summed E-state index contributed by atoms with van der Waals surface area (Å²) >= 11 is 0. The number of benzene rings is 2. The predicted molar refractivity (Wildman–Crippen MR) is 138 cm³/mol. The van der Waals surface area contributed by atoms with Crippen LogP contribution in [0, 0.1) is 0 Å². The molecule has 3 aromatic rings. The van der Waals surface area contributed by atoms with Crippen LogP contribution in [0.3, 0.4) is 0 Å². The Labute approximate surface area is 214 Å². The van der Waals surface area contributed by atoms with E-state index >= 15 is 0 Å². The molecule has 0 aliphatic rings. The number of imidazole rings is 1. The summed E-state index contributed by atoms with van der Waals surface area (Å²) in [5.74, 6) is -1.19. The first kappa shape index (κ1) is 27.2.